The highest BCUT2D eigenvalue weighted by Gasteiger charge is 2.06. The second-order valence-corrected chi connectivity index (χ2v) is 3.99. The summed E-state index contributed by atoms with van der Waals surface area (Å²) in [6.45, 7) is 4.07. The molecule has 0 amide bonds. The van der Waals surface area contributed by atoms with Crippen LogP contribution in [0.1, 0.15) is 22.8 Å². The van der Waals surface area contributed by atoms with Crippen molar-refractivity contribution in [2.75, 3.05) is 6.61 Å². The van der Waals surface area contributed by atoms with E-state index < -0.39 is 0 Å². The lowest BCUT2D eigenvalue weighted by molar-refractivity contribution is 0.0526. The van der Waals surface area contributed by atoms with Crippen LogP contribution in [0.5, 0.6) is 11.5 Å². The van der Waals surface area contributed by atoms with Crippen LogP contribution in [0.15, 0.2) is 42.7 Å². The molecule has 1 heterocycles. The van der Waals surface area contributed by atoms with Gasteiger partial charge in [0.1, 0.15) is 11.5 Å². The van der Waals surface area contributed by atoms with Gasteiger partial charge in [0.15, 0.2) is 0 Å². The number of benzene rings is 1. The number of carbonyl (C=O) groups is 1. The van der Waals surface area contributed by atoms with Gasteiger partial charge in [-0.1, -0.05) is 0 Å². The van der Waals surface area contributed by atoms with Gasteiger partial charge < -0.3 is 9.47 Å². The molecule has 0 radical (unpaired) electrons. The number of ether oxygens (including phenoxy) is 2. The molecule has 0 atom stereocenters. The third-order valence-electron chi connectivity index (χ3n) is 2.56. The number of hydrogen-bond acceptors (Lipinski definition) is 4. The molecule has 1 aromatic carbocycles. The third-order valence-corrected chi connectivity index (χ3v) is 2.56. The first-order valence-corrected chi connectivity index (χ1v) is 6.06. The SMILES string of the molecule is CCOC(=O)c1ccc(Oc2ccncc2C)cc1. The van der Waals surface area contributed by atoms with Gasteiger partial charge in [0.25, 0.3) is 0 Å². The quantitative estimate of drug-likeness (QED) is 0.788. The van der Waals surface area contributed by atoms with E-state index in [-0.39, 0.29) is 5.97 Å². The topological polar surface area (TPSA) is 48.4 Å². The number of aryl methyl sites for hydroxylation is 1. The van der Waals surface area contributed by atoms with Gasteiger partial charge in [-0.05, 0) is 44.2 Å². The first kappa shape index (κ1) is 13.1. The predicted octanol–water partition coefficient (Wildman–Crippen LogP) is 3.36. The van der Waals surface area contributed by atoms with Crippen molar-refractivity contribution in [2.24, 2.45) is 0 Å². The van der Waals surface area contributed by atoms with Gasteiger partial charge in [-0.2, -0.15) is 0 Å². The Kier molecular flexibility index (Phi) is 4.13. The number of carbonyl (C=O) groups excluding carboxylic acids is 1. The lowest BCUT2D eigenvalue weighted by Gasteiger charge is -2.08. The fourth-order valence-corrected chi connectivity index (χ4v) is 1.58. The summed E-state index contributed by atoms with van der Waals surface area (Å²) < 4.78 is 10.6. The lowest BCUT2D eigenvalue weighted by Crippen LogP contribution is -2.04. The van der Waals surface area contributed by atoms with E-state index in [0.717, 1.165) is 11.3 Å². The van der Waals surface area contributed by atoms with Crippen LogP contribution in [0.4, 0.5) is 0 Å². The molecule has 98 valence electrons. The van der Waals surface area contributed by atoms with Crippen molar-refractivity contribution in [3.63, 3.8) is 0 Å². The van der Waals surface area contributed by atoms with Crippen LogP contribution < -0.4 is 4.74 Å². The van der Waals surface area contributed by atoms with Gasteiger partial charge in [0, 0.05) is 18.0 Å². The zero-order valence-electron chi connectivity index (χ0n) is 10.9. The Bertz CT molecular complexity index is 564. The predicted molar refractivity (Wildman–Crippen MR) is 71.4 cm³/mol. The second-order valence-electron chi connectivity index (χ2n) is 3.99. The van der Waals surface area contributed by atoms with Crippen molar-refractivity contribution < 1.29 is 14.3 Å². The van der Waals surface area contributed by atoms with Crippen LogP contribution in [-0.4, -0.2) is 17.6 Å². The normalized spacial score (nSPS) is 10.0. The van der Waals surface area contributed by atoms with E-state index in [4.69, 9.17) is 9.47 Å². The number of rotatable bonds is 4. The Morgan fingerprint density at radius 1 is 1.21 bits per heavy atom. The van der Waals surface area contributed by atoms with Gasteiger partial charge in [-0.3, -0.25) is 4.98 Å². The minimum Gasteiger partial charge on any atom is -0.462 e. The van der Waals surface area contributed by atoms with E-state index in [9.17, 15) is 4.79 Å². The maximum atomic E-state index is 11.5. The Morgan fingerprint density at radius 3 is 2.58 bits per heavy atom. The standard InChI is InChI=1S/C15H15NO3/c1-3-18-15(17)12-4-6-13(7-5-12)19-14-8-9-16-10-11(14)2/h4-10H,3H2,1-2H3. The van der Waals surface area contributed by atoms with Crippen LogP contribution in [0, 0.1) is 6.92 Å². The smallest absolute Gasteiger partial charge is 0.338 e. The molecule has 1 aromatic heterocycles. The molecule has 2 aromatic rings. The maximum absolute atomic E-state index is 11.5. The molecule has 4 heteroatoms. The van der Waals surface area contributed by atoms with Crippen molar-refractivity contribution >= 4 is 5.97 Å². The number of esters is 1. The van der Waals surface area contributed by atoms with Gasteiger partial charge in [0.2, 0.25) is 0 Å². The summed E-state index contributed by atoms with van der Waals surface area (Å²) in [6.07, 6.45) is 3.41. The van der Waals surface area contributed by atoms with Crippen LogP contribution in [0.3, 0.4) is 0 Å². The Morgan fingerprint density at radius 2 is 1.95 bits per heavy atom. The fourth-order valence-electron chi connectivity index (χ4n) is 1.58. The molecule has 0 fully saturated rings. The van der Waals surface area contributed by atoms with Gasteiger partial charge in [-0.25, -0.2) is 4.79 Å². The van der Waals surface area contributed by atoms with Crippen molar-refractivity contribution in [1.29, 1.82) is 0 Å². The first-order valence-electron chi connectivity index (χ1n) is 6.06. The average Bonchev–Trinajstić information content (AvgIpc) is 2.42. The highest BCUT2D eigenvalue weighted by Crippen LogP contribution is 2.24. The molecule has 0 N–H and O–H groups in total. The van der Waals surface area contributed by atoms with Crippen LogP contribution in [0.25, 0.3) is 0 Å². The largest absolute Gasteiger partial charge is 0.462 e. The zero-order valence-corrected chi connectivity index (χ0v) is 10.9. The molecule has 4 nitrogen and oxygen atoms in total. The molecule has 0 unspecified atom stereocenters. The molecule has 0 saturated heterocycles. The molecule has 0 bridgehead atoms. The summed E-state index contributed by atoms with van der Waals surface area (Å²) in [7, 11) is 0. The molecule has 0 aliphatic carbocycles. The first-order chi connectivity index (χ1) is 9.20. The van der Waals surface area contributed by atoms with Gasteiger partial charge in [-0.15, -0.1) is 0 Å². The Hall–Kier alpha value is -2.36. The highest BCUT2D eigenvalue weighted by atomic mass is 16.5. The number of aromatic nitrogens is 1. The van der Waals surface area contributed by atoms with Crippen LogP contribution in [-0.2, 0) is 4.74 Å². The molecule has 0 aliphatic rings. The third kappa shape index (κ3) is 3.31. The summed E-state index contributed by atoms with van der Waals surface area (Å²) in [5.41, 5.74) is 1.47. The van der Waals surface area contributed by atoms with E-state index in [1.54, 1.807) is 49.6 Å². The average molecular weight is 257 g/mol. The zero-order chi connectivity index (χ0) is 13.7. The monoisotopic (exact) mass is 257 g/mol. The van der Waals surface area contributed by atoms with Gasteiger partial charge >= 0.3 is 5.97 Å². The second kappa shape index (κ2) is 6.00. The highest BCUT2D eigenvalue weighted by molar-refractivity contribution is 5.89. The molecular formula is C15H15NO3. The fraction of sp³-hybridized carbons (Fsp3) is 0.200. The molecule has 0 saturated carbocycles. The molecule has 0 aliphatic heterocycles. The van der Waals surface area contributed by atoms with Gasteiger partial charge in [0.05, 0.1) is 12.2 Å². The van der Waals surface area contributed by atoms with E-state index in [2.05, 4.69) is 4.98 Å². The lowest BCUT2D eigenvalue weighted by atomic mass is 10.2. The van der Waals surface area contributed by atoms with Crippen molar-refractivity contribution in [3.8, 4) is 11.5 Å². The van der Waals surface area contributed by atoms with E-state index >= 15 is 0 Å². The van der Waals surface area contributed by atoms with Crippen molar-refractivity contribution in [1.82, 2.24) is 4.98 Å². The number of hydrogen-bond donors (Lipinski definition) is 0. The Labute approximate surface area is 112 Å². The minimum absolute atomic E-state index is 0.325. The van der Waals surface area contributed by atoms with Crippen LogP contribution in [0.2, 0.25) is 0 Å². The molecule has 0 spiro atoms. The summed E-state index contributed by atoms with van der Waals surface area (Å²) >= 11 is 0. The summed E-state index contributed by atoms with van der Waals surface area (Å²) in [5, 5.41) is 0. The summed E-state index contributed by atoms with van der Waals surface area (Å²) in [5.74, 6) is 1.09. The molecule has 19 heavy (non-hydrogen) atoms. The molecular weight excluding hydrogens is 242 g/mol. The number of pyridine rings is 1. The van der Waals surface area contributed by atoms with E-state index in [0.29, 0.717) is 17.9 Å². The Balaban J connectivity index is 2.11. The minimum atomic E-state index is -0.325. The maximum Gasteiger partial charge on any atom is 0.338 e. The van der Waals surface area contributed by atoms with E-state index in [1.807, 2.05) is 6.92 Å². The number of nitrogens with zero attached hydrogens (tertiary/aromatic N) is 1. The van der Waals surface area contributed by atoms with E-state index in [1.165, 1.54) is 0 Å². The summed E-state index contributed by atoms with van der Waals surface area (Å²) in [6, 6.07) is 8.65. The van der Waals surface area contributed by atoms with Crippen molar-refractivity contribution in [3.05, 3.63) is 53.9 Å². The molecule has 2 rings (SSSR count). The van der Waals surface area contributed by atoms with Crippen LogP contribution >= 0.6 is 0 Å². The van der Waals surface area contributed by atoms with Crippen molar-refractivity contribution in [2.45, 2.75) is 13.8 Å². The summed E-state index contributed by atoms with van der Waals surface area (Å²) in [4.78, 5) is 15.5.